The van der Waals surface area contributed by atoms with Crippen LogP contribution in [0.25, 0.3) is 16.7 Å². The first-order chi connectivity index (χ1) is 15.2. The van der Waals surface area contributed by atoms with Crippen LogP contribution in [0, 0.1) is 23.4 Å². The van der Waals surface area contributed by atoms with Crippen molar-refractivity contribution >= 4 is 40.0 Å². The summed E-state index contributed by atoms with van der Waals surface area (Å²) in [6.45, 7) is 4.21. The van der Waals surface area contributed by atoms with Crippen molar-refractivity contribution in [3.63, 3.8) is 0 Å². The van der Waals surface area contributed by atoms with Crippen LogP contribution in [-0.4, -0.2) is 30.8 Å². The highest BCUT2D eigenvalue weighted by Crippen LogP contribution is 2.23. The van der Waals surface area contributed by atoms with Crippen molar-refractivity contribution in [2.24, 2.45) is 5.92 Å². The van der Waals surface area contributed by atoms with Gasteiger partial charge < -0.3 is 5.32 Å². The van der Waals surface area contributed by atoms with E-state index in [9.17, 15) is 22.8 Å². The first kappa shape index (κ1) is 21.9. The maximum absolute atomic E-state index is 13.9. The molecule has 0 bridgehead atoms. The minimum absolute atomic E-state index is 0.113. The summed E-state index contributed by atoms with van der Waals surface area (Å²) in [5.74, 6) is -2.37. The number of benzene rings is 2. The van der Waals surface area contributed by atoms with E-state index in [2.05, 4.69) is 15.5 Å². The van der Waals surface area contributed by atoms with Crippen molar-refractivity contribution in [3.05, 3.63) is 64.2 Å². The molecule has 2 aromatic carbocycles. The van der Waals surface area contributed by atoms with Crippen LogP contribution in [0.3, 0.4) is 0 Å². The fourth-order valence-corrected chi connectivity index (χ4v) is 4.03. The molecule has 0 aliphatic heterocycles. The normalized spacial score (nSPS) is 11.6. The van der Waals surface area contributed by atoms with E-state index in [1.807, 2.05) is 13.8 Å². The Kier molecular flexibility index (Phi) is 5.92. The molecule has 166 valence electrons. The van der Waals surface area contributed by atoms with Gasteiger partial charge in [0.1, 0.15) is 17.5 Å². The predicted octanol–water partition coefficient (Wildman–Crippen LogP) is 3.85. The number of amides is 1. The number of hydrogen-bond acceptors (Lipinski definition) is 5. The summed E-state index contributed by atoms with van der Waals surface area (Å²) in [6, 6.07) is 6.59. The molecule has 0 radical (unpaired) electrons. The van der Waals surface area contributed by atoms with Gasteiger partial charge in [-0.05, 0) is 36.2 Å². The molecule has 0 saturated carbocycles. The van der Waals surface area contributed by atoms with E-state index in [1.165, 1.54) is 16.7 Å². The first-order valence-electron chi connectivity index (χ1n) is 9.69. The molecule has 0 saturated heterocycles. The van der Waals surface area contributed by atoms with Gasteiger partial charge in [-0.25, -0.2) is 13.2 Å². The molecule has 2 heterocycles. The lowest BCUT2D eigenvalue weighted by atomic mass is 10.2. The monoisotopic (exact) mass is 461 g/mol. The molecule has 0 fully saturated rings. The molecule has 0 spiro atoms. The molecule has 1 amide bonds. The molecule has 7 nitrogen and oxygen atoms in total. The molecule has 0 aliphatic rings. The Hall–Kier alpha value is -3.34. The van der Waals surface area contributed by atoms with Gasteiger partial charge in [0.2, 0.25) is 11.7 Å². The highest BCUT2D eigenvalue weighted by Gasteiger charge is 2.19. The van der Waals surface area contributed by atoms with Gasteiger partial charge in [0.25, 0.3) is 5.56 Å². The summed E-state index contributed by atoms with van der Waals surface area (Å²) in [4.78, 5) is 25.2. The summed E-state index contributed by atoms with van der Waals surface area (Å²) in [5.41, 5.74) is -0.257. The van der Waals surface area contributed by atoms with Gasteiger partial charge in [0.05, 0.1) is 22.3 Å². The summed E-state index contributed by atoms with van der Waals surface area (Å²) in [7, 11) is 0. The van der Waals surface area contributed by atoms with Crippen LogP contribution in [0.1, 0.15) is 13.8 Å². The first-order valence-corrected chi connectivity index (χ1v) is 10.7. The zero-order valence-corrected chi connectivity index (χ0v) is 17.9. The van der Waals surface area contributed by atoms with Gasteiger partial charge >= 0.3 is 0 Å². The molecule has 0 aliphatic carbocycles. The third kappa shape index (κ3) is 4.20. The van der Waals surface area contributed by atoms with E-state index in [0.717, 1.165) is 36.0 Å². The van der Waals surface area contributed by atoms with Crippen LogP contribution in [0.4, 0.5) is 18.9 Å². The molecular weight excluding hydrogens is 443 g/mol. The molecule has 11 heteroatoms. The SMILES string of the molecule is CC(C)Cn1c(=O)c2cc(F)ccc2n2c(SCC(=O)Nc3cc(F)ccc3F)nnc12. The van der Waals surface area contributed by atoms with Crippen LogP contribution < -0.4 is 10.9 Å². The molecule has 0 atom stereocenters. The molecule has 0 unspecified atom stereocenters. The topological polar surface area (TPSA) is 81.3 Å². The Morgan fingerprint density at radius 2 is 1.81 bits per heavy atom. The number of halogens is 3. The van der Waals surface area contributed by atoms with Crippen molar-refractivity contribution in [1.82, 2.24) is 19.2 Å². The van der Waals surface area contributed by atoms with E-state index in [-0.39, 0.29) is 34.1 Å². The second-order valence-electron chi connectivity index (χ2n) is 7.55. The Morgan fingerprint density at radius 3 is 2.56 bits per heavy atom. The summed E-state index contributed by atoms with van der Waals surface area (Å²) >= 11 is 0.998. The van der Waals surface area contributed by atoms with Gasteiger partial charge in [-0.1, -0.05) is 25.6 Å². The fourth-order valence-electron chi connectivity index (χ4n) is 3.29. The summed E-state index contributed by atoms with van der Waals surface area (Å²) < 4.78 is 43.9. The Bertz CT molecular complexity index is 1400. The van der Waals surface area contributed by atoms with Crippen molar-refractivity contribution in [2.75, 3.05) is 11.1 Å². The summed E-state index contributed by atoms with van der Waals surface area (Å²) in [6.07, 6.45) is 0. The van der Waals surface area contributed by atoms with Gasteiger partial charge in [-0.15, -0.1) is 10.2 Å². The Morgan fingerprint density at radius 1 is 1.09 bits per heavy atom. The van der Waals surface area contributed by atoms with Crippen LogP contribution in [0.15, 0.2) is 46.3 Å². The fraction of sp³-hybridized carbons (Fsp3) is 0.238. The van der Waals surface area contributed by atoms with E-state index in [0.29, 0.717) is 17.2 Å². The molecule has 32 heavy (non-hydrogen) atoms. The maximum atomic E-state index is 13.9. The van der Waals surface area contributed by atoms with Crippen LogP contribution >= 0.6 is 11.8 Å². The van der Waals surface area contributed by atoms with E-state index < -0.39 is 23.4 Å². The van der Waals surface area contributed by atoms with Gasteiger partial charge in [0, 0.05) is 12.6 Å². The summed E-state index contributed by atoms with van der Waals surface area (Å²) in [5, 5.41) is 11.0. The number of fused-ring (bicyclic) bond motifs is 3. The molecule has 4 rings (SSSR count). The van der Waals surface area contributed by atoms with Crippen molar-refractivity contribution in [1.29, 1.82) is 0 Å². The second-order valence-corrected chi connectivity index (χ2v) is 8.49. The lowest BCUT2D eigenvalue weighted by Crippen LogP contribution is -2.25. The lowest BCUT2D eigenvalue weighted by Gasteiger charge is -2.13. The van der Waals surface area contributed by atoms with Crippen LogP contribution in [0.2, 0.25) is 0 Å². The van der Waals surface area contributed by atoms with Crippen LogP contribution in [0.5, 0.6) is 0 Å². The van der Waals surface area contributed by atoms with Crippen molar-refractivity contribution in [3.8, 4) is 0 Å². The van der Waals surface area contributed by atoms with Crippen LogP contribution in [-0.2, 0) is 11.3 Å². The molecular formula is C21H18F3N5O2S. The zero-order valence-electron chi connectivity index (χ0n) is 17.1. The molecule has 4 aromatic rings. The van der Waals surface area contributed by atoms with Gasteiger partial charge in [-0.3, -0.25) is 18.6 Å². The minimum atomic E-state index is -0.761. The maximum Gasteiger partial charge on any atom is 0.262 e. The highest BCUT2D eigenvalue weighted by atomic mass is 32.2. The number of anilines is 1. The number of thioether (sulfide) groups is 1. The van der Waals surface area contributed by atoms with Crippen molar-refractivity contribution in [2.45, 2.75) is 25.5 Å². The van der Waals surface area contributed by atoms with Gasteiger partial charge in [-0.2, -0.15) is 0 Å². The number of aromatic nitrogens is 4. The standard InChI is InChI=1S/C21H18F3N5O2S/c1-11(2)9-28-19(31)14-7-12(22)4-6-17(14)29-20(28)26-27-21(29)32-10-18(30)25-16-8-13(23)3-5-15(16)24/h3-8,11H,9-10H2,1-2H3,(H,25,30). The number of carbonyl (C=O) groups excluding carboxylic acids is 1. The van der Waals surface area contributed by atoms with Crippen molar-refractivity contribution < 1.29 is 18.0 Å². The minimum Gasteiger partial charge on any atom is -0.323 e. The average Bonchev–Trinajstić information content (AvgIpc) is 3.16. The Balaban J connectivity index is 1.70. The number of nitrogens with zero attached hydrogens (tertiary/aromatic N) is 4. The Labute approximate surface area is 184 Å². The number of hydrogen-bond donors (Lipinski definition) is 1. The highest BCUT2D eigenvalue weighted by molar-refractivity contribution is 7.99. The second kappa shape index (κ2) is 8.65. The average molecular weight is 461 g/mol. The number of carbonyl (C=O) groups is 1. The molecule has 2 aromatic heterocycles. The quantitative estimate of drug-likeness (QED) is 0.441. The zero-order chi connectivity index (χ0) is 23.0. The van der Waals surface area contributed by atoms with E-state index in [1.54, 1.807) is 4.40 Å². The predicted molar refractivity (Wildman–Crippen MR) is 115 cm³/mol. The van der Waals surface area contributed by atoms with E-state index in [4.69, 9.17) is 0 Å². The molecule has 1 N–H and O–H groups in total. The van der Waals surface area contributed by atoms with E-state index >= 15 is 0 Å². The third-order valence-corrected chi connectivity index (χ3v) is 5.54. The number of nitrogens with one attached hydrogen (secondary N) is 1. The number of rotatable bonds is 6. The lowest BCUT2D eigenvalue weighted by molar-refractivity contribution is -0.113. The largest absolute Gasteiger partial charge is 0.323 e. The smallest absolute Gasteiger partial charge is 0.262 e. The third-order valence-electron chi connectivity index (χ3n) is 4.62. The van der Waals surface area contributed by atoms with Gasteiger partial charge in [0.15, 0.2) is 5.16 Å².